The quantitative estimate of drug-likeness (QED) is 0.330. The Kier molecular flexibility index (Phi) is 6.89. The van der Waals surface area contributed by atoms with Crippen molar-refractivity contribution >= 4 is 38.7 Å². The van der Waals surface area contributed by atoms with E-state index in [0.29, 0.717) is 40.8 Å². The fourth-order valence-corrected chi connectivity index (χ4v) is 3.77. The van der Waals surface area contributed by atoms with Crippen molar-refractivity contribution < 1.29 is 22.7 Å². The van der Waals surface area contributed by atoms with Gasteiger partial charge in [-0.05, 0) is 6.07 Å². The number of nitrogens with zero attached hydrogens (tertiary/aromatic N) is 5. The Hall–Kier alpha value is -4.10. The number of methoxy groups -OCH3 is 1. The van der Waals surface area contributed by atoms with Crippen LogP contribution in [0.2, 0.25) is 0 Å². The molecule has 4 aromatic rings. The Morgan fingerprint density at radius 2 is 1.94 bits per heavy atom. The number of carbonyl (C=O) groups is 1. The summed E-state index contributed by atoms with van der Waals surface area (Å²) in [6.45, 7) is 1.93. The highest BCUT2D eigenvalue weighted by atomic mass is 32.2. The van der Waals surface area contributed by atoms with Gasteiger partial charge in [0.15, 0.2) is 20.5 Å². The van der Waals surface area contributed by atoms with Crippen LogP contribution in [0.25, 0.3) is 16.9 Å². The van der Waals surface area contributed by atoms with Gasteiger partial charge < -0.3 is 20.1 Å². The van der Waals surface area contributed by atoms with E-state index < -0.39 is 9.84 Å². The summed E-state index contributed by atoms with van der Waals surface area (Å²) in [6, 6.07) is 8.05. The lowest BCUT2D eigenvalue weighted by molar-refractivity contribution is -0.114. The molecule has 0 saturated heterocycles. The molecule has 2 N–H and O–H groups in total. The van der Waals surface area contributed by atoms with Gasteiger partial charge in [-0.2, -0.15) is 5.10 Å². The van der Waals surface area contributed by atoms with Gasteiger partial charge in [0.05, 0.1) is 24.2 Å². The SMILES string of the molecule is COCCOc1cc(Nc2cc(NC(C)=O)ncc2-c2ccn3nccc3n2)nc(S(C)(=O)=O)c1. The Morgan fingerprint density at radius 1 is 1.11 bits per heavy atom. The molecule has 0 aliphatic carbocycles. The summed E-state index contributed by atoms with van der Waals surface area (Å²) in [5.74, 6) is 0.523. The summed E-state index contributed by atoms with van der Waals surface area (Å²) in [6.07, 6.45) is 6.01. The van der Waals surface area contributed by atoms with E-state index in [2.05, 4.69) is 30.7 Å². The number of amides is 1. The standard InChI is InChI=1S/C22H23N7O5S/c1-14(30)25-19-12-18(16(13-23-19)17-5-7-29-21(27-17)4-6-24-29)26-20-10-15(34-9-8-33-2)11-22(28-20)35(3,31)32/h4-7,10-13H,8-9H2,1-3H3,(H2,23,25,26,28,30). The molecule has 0 aromatic carbocycles. The Labute approximate surface area is 201 Å². The molecule has 0 bridgehead atoms. The predicted molar refractivity (Wildman–Crippen MR) is 129 cm³/mol. The van der Waals surface area contributed by atoms with Crippen LogP contribution < -0.4 is 15.4 Å². The molecule has 0 aliphatic rings. The zero-order valence-electron chi connectivity index (χ0n) is 19.2. The van der Waals surface area contributed by atoms with Gasteiger partial charge in [-0.15, -0.1) is 0 Å². The van der Waals surface area contributed by atoms with Crippen LogP contribution >= 0.6 is 0 Å². The summed E-state index contributed by atoms with van der Waals surface area (Å²) >= 11 is 0. The normalized spacial score (nSPS) is 11.4. The molecule has 0 aliphatic heterocycles. The minimum Gasteiger partial charge on any atom is -0.491 e. The Bertz CT molecular complexity index is 1490. The molecule has 4 aromatic heterocycles. The lowest BCUT2D eigenvalue weighted by atomic mass is 10.1. The number of aromatic nitrogens is 5. The third-order valence-electron chi connectivity index (χ3n) is 4.72. The average molecular weight is 498 g/mol. The van der Waals surface area contributed by atoms with E-state index in [0.717, 1.165) is 6.26 Å². The third-order valence-corrected chi connectivity index (χ3v) is 5.69. The van der Waals surface area contributed by atoms with E-state index in [9.17, 15) is 13.2 Å². The van der Waals surface area contributed by atoms with E-state index in [1.54, 1.807) is 47.4 Å². The summed E-state index contributed by atoms with van der Waals surface area (Å²) in [4.78, 5) is 24.7. The van der Waals surface area contributed by atoms with E-state index in [-0.39, 0.29) is 23.4 Å². The molecule has 182 valence electrons. The topological polar surface area (TPSA) is 150 Å². The molecule has 13 heteroatoms. The molecular weight excluding hydrogens is 474 g/mol. The summed E-state index contributed by atoms with van der Waals surface area (Å²) in [5, 5.41) is 9.75. The van der Waals surface area contributed by atoms with Crippen LogP contribution in [0.3, 0.4) is 0 Å². The third kappa shape index (κ3) is 5.88. The fraction of sp³-hybridized carbons (Fsp3) is 0.227. The molecule has 4 rings (SSSR count). The molecule has 0 spiro atoms. The predicted octanol–water partition coefficient (Wildman–Crippen LogP) is 2.32. The minimum absolute atomic E-state index is 0.161. The van der Waals surface area contributed by atoms with Crippen LogP contribution in [0, 0.1) is 0 Å². The number of sulfone groups is 1. The number of hydrogen-bond donors (Lipinski definition) is 2. The van der Waals surface area contributed by atoms with Gasteiger partial charge in [-0.1, -0.05) is 0 Å². The van der Waals surface area contributed by atoms with Gasteiger partial charge in [0.1, 0.15) is 24.0 Å². The number of rotatable bonds is 9. The van der Waals surface area contributed by atoms with Gasteiger partial charge in [-0.3, -0.25) is 4.79 Å². The highest BCUT2D eigenvalue weighted by Crippen LogP contribution is 2.32. The van der Waals surface area contributed by atoms with E-state index >= 15 is 0 Å². The summed E-state index contributed by atoms with van der Waals surface area (Å²) in [7, 11) is -2.09. The van der Waals surface area contributed by atoms with E-state index in [1.165, 1.54) is 20.1 Å². The first-order valence-electron chi connectivity index (χ1n) is 10.4. The largest absolute Gasteiger partial charge is 0.491 e. The average Bonchev–Trinajstić information content (AvgIpc) is 3.26. The second-order valence-electron chi connectivity index (χ2n) is 7.51. The smallest absolute Gasteiger partial charge is 0.222 e. The molecule has 0 saturated carbocycles. The van der Waals surface area contributed by atoms with Crippen molar-refractivity contribution in [1.82, 2.24) is 24.6 Å². The molecule has 0 fully saturated rings. The number of nitrogens with one attached hydrogen (secondary N) is 2. The number of ether oxygens (including phenoxy) is 2. The molecule has 12 nitrogen and oxygen atoms in total. The molecule has 0 radical (unpaired) electrons. The van der Waals surface area contributed by atoms with Crippen molar-refractivity contribution in [3.05, 3.63) is 48.9 Å². The van der Waals surface area contributed by atoms with Crippen LogP contribution in [0.4, 0.5) is 17.3 Å². The number of pyridine rings is 2. The van der Waals surface area contributed by atoms with Crippen molar-refractivity contribution in [3.8, 4) is 17.0 Å². The van der Waals surface area contributed by atoms with Crippen molar-refractivity contribution in [3.63, 3.8) is 0 Å². The summed E-state index contributed by atoms with van der Waals surface area (Å²) in [5.41, 5.74) is 2.29. The van der Waals surface area contributed by atoms with Crippen LogP contribution in [0.15, 0.2) is 53.9 Å². The zero-order valence-corrected chi connectivity index (χ0v) is 20.0. The molecule has 1 amide bonds. The first kappa shape index (κ1) is 24.0. The number of hydrogen-bond acceptors (Lipinski definition) is 10. The Morgan fingerprint density at radius 3 is 2.69 bits per heavy atom. The van der Waals surface area contributed by atoms with Crippen LogP contribution in [-0.2, 0) is 19.4 Å². The monoisotopic (exact) mass is 497 g/mol. The van der Waals surface area contributed by atoms with Crippen molar-refractivity contribution in [2.45, 2.75) is 11.9 Å². The zero-order chi connectivity index (χ0) is 25.0. The van der Waals surface area contributed by atoms with E-state index in [1.807, 2.05) is 0 Å². The van der Waals surface area contributed by atoms with Crippen LogP contribution in [-0.4, -0.2) is 65.5 Å². The van der Waals surface area contributed by atoms with E-state index in [4.69, 9.17) is 9.47 Å². The molecule has 0 atom stereocenters. The lowest BCUT2D eigenvalue weighted by Gasteiger charge is -2.15. The van der Waals surface area contributed by atoms with Crippen LogP contribution in [0.1, 0.15) is 6.92 Å². The van der Waals surface area contributed by atoms with Gasteiger partial charge in [0, 0.05) is 62.5 Å². The fourth-order valence-electron chi connectivity index (χ4n) is 3.17. The molecule has 35 heavy (non-hydrogen) atoms. The van der Waals surface area contributed by atoms with Gasteiger partial charge in [0.25, 0.3) is 0 Å². The van der Waals surface area contributed by atoms with Gasteiger partial charge >= 0.3 is 0 Å². The highest BCUT2D eigenvalue weighted by Gasteiger charge is 2.16. The van der Waals surface area contributed by atoms with Gasteiger partial charge in [-0.25, -0.2) is 27.9 Å². The second kappa shape index (κ2) is 10.0. The number of anilines is 3. The van der Waals surface area contributed by atoms with Crippen molar-refractivity contribution in [1.29, 1.82) is 0 Å². The molecule has 0 unspecified atom stereocenters. The van der Waals surface area contributed by atoms with Gasteiger partial charge in [0.2, 0.25) is 5.91 Å². The maximum absolute atomic E-state index is 12.2. The van der Waals surface area contributed by atoms with Crippen LogP contribution in [0.5, 0.6) is 5.75 Å². The number of carbonyl (C=O) groups excluding carboxylic acids is 1. The van der Waals surface area contributed by atoms with Crippen molar-refractivity contribution in [2.24, 2.45) is 0 Å². The maximum Gasteiger partial charge on any atom is 0.222 e. The maximum atomic E-state index is 12.2. The summed E-state index contributed by atoms with van der Waals surface area (Å²) < 4.78 is 36.7. The number of fused-ring (bicyclic) bond motifs is 1. The van der Waals surface area contributed by atoms with Crippen molar-refractivity contribution in [2.75, 3.05) is 37.2 Å². The molecular formula is C22H23N7O5S. The lowest BCUT2D eigenvalue weighted by Crippen LogP contribution is -2.10. The molecule has 4 heterocycles. The first-order chi connectivity index (χ1) is 16.7. The highest BCUT2D eigenvalue weighted by molar-refractivity contribution is 7.90. The second-order valence-corrected chi connectivity index (χ2v) is 9.47. The minimum atomic E-state index is -3.63. The first-order valence-corrected chi connectivity index (χ1v) is 12.3. The Balaban J connectivity index is 1.78.